The van der Waals surface area contributed by atoms with Gasteiger partial charge in [0.2, 0.25) is 0 Å². The van der Waals surface area contributed by atoms with E-state index in [0.717, 1.165) is 41.3 Å². The number of aromatic amines is 1. The first-order valence-corrected chi connectivity index (χ1v) is 6.45. The molecule has 0 amide bonds. The van der Waals surface area contributed by atoms with Crippen molar-refractivity contribution in [2.75, 3.05) is 6.54 Å². The maximum absolute atomic E-state index is 12.0. The smallest absolute Gasteiger partial charge is 0.251 e. The van der Waals surface area contributed by atoms with Crippen molar-refractivity contribution < 1.29 is 0 Å². The lowest BCUT2D eigenvalue weighted by Gasteiger charge is -2.07. The van der Waals surface area contributed by atoms with E-state index in [9.17, 15) is 4.79 Å². The van der Waals surface area contributed by atoms with E-state index in [1.807, 2.05) is 13.0 Å². The second-order valence-electron chi connectivity index (χ2n) is 4.84. The van der Waals surface area contributed by atoms with Crippen molar-refractivity contribution in [1.82, 2.24) is 4.98 Å². The zero-order chi connectivity index (χ0) is 13.1. The molecular weight excluding hydrogens is 224 g/mol. The summed E-state index contributed by atoms with van der Waals surface area (Å²) in [4.78, 5) is 15.0. The third kappa shape index (κ3) is 2.46. The lowest BCUT2D eigenvalue weighted by atomic mass is 10.0. The van der Waals surface area contributed by atoms with Gasteiger partial charge in [0.15, 0.2) is 0 Å². The second kappa shape index (κ2) is 5.36. The Bertz CT molecular complexity index is 614. The van der Waals surface area contributed by atoms with Gasteiger partial charge in [0.05, 0.1) is 5.52 Å². The van der Waals surface area contributed by atoms with Crippen LogP contribution in [0.25, 0.3) is 10.9 Å². The SMILES string of the molecule is Cc1ccc2cc(CCCCN)c(=O)[nH]c2c1C. The molecule has 0 unspecified atom stereocenters. The predicted octanol–water partition coefficient (Wildman–Crippen LogP) is 2.43. The molecule has 3 heteroatoms. The molecule has 0 saturated carbocycles. The summed E-state index contributed by atoms with van der Waals surface area (Å²) < 4.78 is 0. The van der Waals surface area contributed by atoms with Crippen LogP contribution in [0.2, 0.25) is 0 Å². The summed E-state index contributed by atoms with van der Waals surface area (Å²) in [6.45, 7) is 4.79. The van der Waals surface area contributed by atoms with E-state index >= 15 is 0 Å². The maximum Gasteiger partial charge on any atom is 0.251 e. The molecular formula is C15H20N2O. The lowest BCUT2D eigenvalue weighted by Crippen LogP contribution is -2.13. The van der Waals surface area contributed by atoms with E-state index in [2.05, 4.69) is 24.0 Å². The van der Waals surface area contributed by atoms with Crippen molar-refractivity contribution in [2.24, 2.45) is 5.73 Å². The monoisotopic (exact) mass is 244 g/mol. The molecule has 0 saturated heterocycles. The van der Waals surface area contributed by atoms with E-state index < -0.39 is 0 Å². The van der Waals surface area contributed by atoms with Gasteiger partial charge in [0, 0.05) is 5.56 Å². The first-order valence-electron chi connectivity index (χ1n) is 6.45. The van der Waals surface area contributed by atoms with Crippen molar-refractivity contribution in [3.05, 3.63) is 45.2 Å². The van der Waals surface area contributed by atoms with Gasteiger partial charge in [0.25, 0.3) is 5.56 Å². The molecule has 0 aliphatic rings. The molecule has 96 valence electrons. The van der Waals surface area contributed by atoms with Crippen molar-refractivity contribution in [3.8, 4) is 0 Å². The van der Waals surface area contributed by atoms with Crippen molar-refractivity contribution in [1.29, 1.82) is 0 Å². The lowest BCUT2D eigenvalue weighted by molar-refractivity contribution is 0.740. The van der Waals surface area contributed by atoms with Gasteiger partial charge in [-0.05, 0) is 62.2 Å². The third-order valence-corrected chi connectivity index (χ3v) is 3.53. The first kappa shape index (κ1) is 12.8. The van der Waals surface area contributed by atoms with Crippen LogP contribution in [0, 0.1) is 13.8 Å². The van der Waals surface area contributed by atoms with Gasteiger partial charge in [-0.1, -0.05) is 12.1 Å². The largest absolute Gasteiger partial charge is 0.330 e. The van der Waals surface area contributed by atoms with Crippen LogP contribution in [-0.4, -0.2) is 11.5 Å². The number of fused-ring (bicyclic) bond motifs is 1. The molecule has 0 fully saturated rings. The minimum absolute atomic E-state index is 0.0354. The maximum atomic E-state index is 12.0. The number of aromatic nitrogens is 1. The minimum Gasteiger partial charge on any atom is -0.330 e. The molecule has 0 atom stereocenters. The van der Waals surface area contributed by atoms with Gasteiger partial charge >= 0.3 is 0 Å². The van der Waals surface area contributed by atoms with Gasteiger partial charge in [-0.25, -0.2) is 0 Å². The average Bonchev–Trinajstić information content (AvgIpc) is 2.36. The molecule has 0 aliphatic carbocycles. The molecule has 3 nitrogen and oxygen atoms in total. The number of rotatable bonds is 4. The van der Waals surface area contributed by atoms with E-state index in [0.29, 0.717) is 6.54 Å². The Morgan fingerprint density at radius 1 is 1.22 bits per heavy atom. The van der Waals surface area contributed by atoms with E-state index in [4.69, 9.17) is 5.73 Å². The number of unbranched alkanes of at least 4 members (excludes halogenated alkanes) is 1. The third-order valence-electron chi connectivity index (χ3n) is 3.53. The van der Waals surface area contributed by atoms with Gasteiger partial charge in [-0.3, -0.25) is 4.79 Å². The molecule has 3 N–H and O–H groups in total. The Hall–Kier alpha value is -1.61. The summed E-state index contributed by atoms with van der Waals surface area (Å²) in [7, 11) is 0. The predicted molar refractivity (Wildman–Crippen MR) is 76.0 cm³/mol. The second-order valence-corrected chi connectivity index (χ2v) is 4.84. The standard InChI is InChI=1S/C15H20N2O/c1-10-6-7-12-9-13(5-3-4-8-16)15(18)17-14(12)11(10)2/h6-7,9H,3-5,8,16H2,1-2H3,(H,17,18). The molecule has 0 aliphatic heterocycles. The van der Waals surface area contributed by atoms with Crippen molar-refractivity contribution in [3.63, 3.8) is 0 Å². The normalized spacial score (nSPS) is 11.1. The van der Waals surface area contributed by atoms with Crippen LogP contribution >= 0.6 is 0 Å². The average molecular weight is 244 g/mol. The molecule has 0 spiro atoms. The highest BCUT2D eigenvalue weighted by Crippen LogP contribution is 2.19. The van der Waals surface area contributed by atoms with Gasteiger partial charge in [-0.15, -0.1) is 0 Å². The number of nitrogens with one attached hydrogen (secondary N) is 1. The number of benzene rings is 1. The van der Waals surface area contributed by atoms with Crippen LogP contribution in [0.15, 0.2) is 23.0 Å². The molecule has 1 aromatic carbocycles. The summed E-state index contributed by atoms with van der Waals surface area (Å²) in [5.74, 6) is 0. The van der Waals surface area contributed by atoms with Crippen LogP contribution in [0.5, 0.6) is 0 Å². The van der Waals surface area contributed by atoms with Crippen LogP contribution in [0.4, 0.5) is 0 Å². The van der Waals surface area contributed by atoms with Crippen LogP contribution in [-0.2, 0) is 6.42 Å². The summed E-state index contributed by atoms with van der Waals surface area (Å²) in [6.07, 6.45) is 2.73. The molecule has 0 bridgehead atoms. The number of nitrogens with two attached hydrogens (primary N) is 1. The summed E-state index contributed by atoms with van der Waals surface area (Å²) in [5.41, 5.74) is 9.68. The van der Waals surface area contributed by atoms with E-state index in [-0.39, 0.29) is 5.56 Å². The number of hydrogen-bond acceptors (Lipinski definition) is 2. The molecule has 1 aromatic heterocycles. The highest BCUT2D eigenvalue weighted by molar-refractivity contribution is 5.83. The fraction of sp³-hybridized carbons (Fsp3) is 0.400. The zero-order valence-corrected chi connectivity index (χ0v) is 11.0. The quantitative estimate of drug-likeness (QED) is 0.811. The van der Waals surface area contributed by atoms with Gasteiger partial charge in [0.1, 0.15) is 0 Å². The number of H-pyrrole nitrogens is 1. The highest BCUT2D eigenvalue weighted by Gasteiger charge is 2.05. The highest BCUT2D eigenvalue weighted by atomic mass is 16.1. The minimum atomic E-state index is 0.0354. The number of hydrogen-bond donors (Lipinski definition) is 2. The molecule has 2 rings (SSSR count). The molecule has 1 heterocycles. The van der Waals surface area contributed by atoms with Gasteiger partial charge < -0.3 is 10.7 Å². The fourth-order valence-corrected chi connectivity index (χ4v) is 2.22. The Morgan fingerprint density at radius 2 is 2.00 bits per heavy atom. The summed E-state index contributed by atoms with van der Waals surface area (Å²) in [5, 5.41) is 1.11. The van der Waals surface area contributed by atoms with Crippen LogP contribution in [0.3, 0.4) is 0 Å². The Labute approximate surface area is 107 Å². The number of aryl methyl sites for hydroxylation is 3. The number of pyridine rings is 1. The Kier molecular flexibility index (Phi) is 3.82. The van der Waals surface area contributed by atoms with E-state index in [1.165, 1.54) is 5.56 Å². The molecule has 0 radical (unpaired) electrons. The van der Waals surface area contributed by atoms with Crippen LogP contribution < -0.4 is 11.3 Å². The first-order chi connectivity index (χ1) is 8.63. The van der Waals surface area contributed by atoms with Crippen LogP contribution in [0.1, 0.15) is 29.5 Å². The summed E-state index contributed by atoms with van der Waals surface area (Å²) in [6, 6.07) is 6.18. The zero-order valence-electron chi connectivity index (χ0n) is 11.0. The fourth-order valence-electron chi connectivity index (χ4n) is 2.22. The summed E-state index contributed by atoms with van der Waals surface area (Å²) >= 11 is 0. The topological polar surface area (TPSA) is 58.9 Å². The van der Waals surface area contributed by atoms with Crippen molar-refractivity contribution in [2.45, 2.75) is 33.1 Å². The Balaban J connectivity index is 2.43. The Morgan fingerprint density at radius 3 is 2.72 bits per heavy atom. The molecule has 18 heavy (non-hydrogen) atoms. The van der Waals surface area contributed by atoms with Gasteiger partial charge in [-0.2, -0.15) is 0 Å². The van der Waals surface area contributed by atoms with E-state index in [1.54, 1.807) is 0 Å². The van der Waals surface area contributed by atoms with Crippen molar-refractivity contribution >= 4 is 10.9 Å². The molecule has 2 aromatic rings.